The maximum atomic E-state index is 11.9. The van der Waals surface area contributed by atoms with Crippen molar-refractivity contribution in [3.05, 3.63) is 29.3 Å². The molecule has 1 N–H and O–H groups in total. The molecule has 0 aromatic heterocycles. The van der Waals surface area contributed by atoms with Crippen molar-refractivity contribution >= 4 is 5.91 Å². The van der Waals surface area contributed by atoms with E-state index in [-0.39, 0.29) is 11.9 Å². The minimum absolute atomic E-state index is 0.0247. The number of methoxy groups -OCH3 is 1. The first-order valence-electron chi connectivity index (χ1n) is 6.47. The van der Waals surface area contributed by atoms with Crippen LogP contribution >= 0.6 is 0 Å². The van der Waals surface area contributed by atoms with Gasteiger partial charge in [-0.15, -0.1) is 0 Å². The molecule has 0 bridgehead atoms. The van der Waals surface area contributed by atoms with Gasteiger partial charge in [0, 0.05) is 13.2 Å². The summed E-state index contributed by atoms with van der Waals surface area (Å²) in [7, 11) is 1.61. The Bertz CT molecular complexity index is 431. The average Bonchev–Trinajstić information content (AvgIpc) is 2.34. The number of carbonyl (C=O) groups excluding carboxylic acids is 1. The van der Waals surface area contributed by atoms with Gasteiger partial charge in [-0.05, 0) is 51.0 Å². The monoisotopic (exact) mass is 265 g/mol. The van der Waals surface area contributed by atoms with Crippen molar-refractivity contribution in [2.75, 3.05) is 13.7 Å². The number of rotatable bonds is 6. The predicted octanol–water partition coefficient (Wildman–Crippen LogP) is 2.22. The van der Waals surface area contributed by atoms with Gasteiger partial charge in [0.1, 0.15) is 5.75 Å². The zero-order valence-electron chi connectivity index (χ0n) is 12.3. The molecule has 0 saturated heterocycles. The van der Waals surface area contributed by atoms with Crippen molar-refractivity contribution in [3.63, 3.8) is 0 Å². The minimum Gasteiger partial charge on any atom is -0.481 e. The Balaban J connectivity index is 2.56. The summed E-state index contributed by atoms with van der Waals surface area (Å²) in [4.78, 5) is 11.9. The van der Waals surface area contributed by atoms with E-state index in [1.807, 2.05) is 39.0 Å². The summed E-state index contributed by atoms with van der Waals surface area (Å²) in [6.07, 6.45) is -0.526. The van der Waals surface area contributed by atoms with Crippen LogP contribution in [0, 0.1) is 13.8 Å². The van der Waals surface area contributed by atoms with Gasteiger partial charge in [0.15, 0.2) is 6.10 Å². The molecule has 1 aromatic rings. The van der Waals surface area contributed by atoms with Gasteiger partial charge in [0.2, 0.25) is 0 Å². The highest BCUT2D eigenvalue weighted by molar-refractivity contribution is 5.81. The Labute approximate surface area is 115 Å². The molecule has 4 nitrogen and oxygen atoms in total. The van der Waals surface area contributed by atoms with Crippen molar-refractivity contribution in [1.29, 1.82) is 0 Å². The SMILES string of the molecule is COC[C@H](C)NC(=O)[C@H](C)Oc1ccc(C)c(C)c1. The van der Waals surface area contributed by atoms with Gasteiger partial charge in [0.05, 0.1) is 6.61 Å². The highest BCUT2D eigenvalue weighted by Gasteiger charge is 2.16. The molecule has 0 aliphatic carbocycles. The molecule has 0 spiro atoms. The van der Waals surface area contributed by atoms with Crippen molar-refractivity contribution in [3.8, 4) is 5.75 Å². The highest BCUT2D eigenvalue weighted by Crippen LogP contribution is 2.17. The molecule has 4 heteroatoms. The fraction of sp³-hybridized carbons (Fsp3) is 0.533. The molecule has 0 aliphatic rings. The number of ether oxygens (including phenoxy) is 2. The van der Waals surface area contributed by atoms with E-state index < -0.39 is 6.10 Å². The van der Waals surface area contributed by atoms with Gasteiger partial charge in [0.25, 0.3) is 5.91 Å². The Kier molecular flexibility index (Phi) is 5.83. The van der Waals surface area contributed by atoms with Gasteiger partial charge in [-0.1, -0.05) is 6.07 Å². The Morgan fingerprint density at radius 3 is 2.53 bits per heavy atom. The van der Waals surface area contributed by atoms with Crippen LogP contribution in [0.1, 0.15) is 25.0 Å². The number of aryl methyl sites for hydroxylation is 2. The standard InChI is InChI=1S/C15H23NO3/c1-10-6-7-14(8-11(10)2)19-13(4)15(17)16-12(3)9-18-5/h6-8,12-13H,9H2,1-5H3,(H,16,17)/t12-,13-/m0/s1. The van der Waals surface area contributed by atoms with E-state index >= 15 is 0 Å². The van der Waals surface area contributed by atoms with Crippen molar-refractivity contribution in [1.82, 2.24) is 5.32 Å². The molecule has 1 aromatic carbocycles. The number of carbonyl (C=O) groups is 1. The summed E-state index contributed by atoms with van der Waals surface area (Å²) in [5.74, 6) is 0.577. The third kappa shape index (κ3) is 4.91. The van der Waals surface area contributed by atoms with Crippen LogP contribution < -0.4 is 10.1 Å². The lowest BCUT2D eigenvalue weighted by atomic mass is 10.1. The number of hydrogen-bond donors (Lipinski definition) is 1. The van der Waals surface area contributed by atoms with E-state index in [9.17, 15) is 4.79 Å². The predicted molar refractivity (Wildman–Crippen MR) is 75.5 cm³/mol. The first-order chi connectivity index (χ1) is 8.93. The van der Waals surface area contributed by atoms with Crippen molar-refractivity contribution < 1.29 is 14.3 Å². The van der Waals surface area contributed by atoms with Crippen LogP contribution in [0.4, 0.5) is 0 Å². The second-order valence-corrected chi connectivity index (χ2v) is 4.87. The fourth-order valence-corrected chi connectivity index (χ4v) is 1.70. The van der Waals surface area contributed by atoms with Gasteiger partial charge < -0.3 is 14.8 Å². The van der Waals surface area contributed by atoms with Crippen LogP contribution in [0.3, 0.4) is 0 Å². The highest BCUT2D eigenvalue weighted by atomic mass is 16.5. The van der Waals surface area contributed by atoms with Gasteiger partial charge in [-0.3, -0.25) is 4.79 Å². The molecule has 0 fully saturated rings. The van der Waals surface area contributed by atoms with Crippen LogP contribution in [-0.2, 0) is 9.53 Å². The molecule has 19 heavy (non-hydrogen) atoms. The van der Waals surface area contributed by atoms with E-state index in [4.69, 9.17) is 9.47 Å². The zero-order chi connectivity index (χ0) is 14.4. The molecule has 0 aliphatic heterocycles. The summed E-state index contributed by atoms with van der Waals surface area (Å²) < 4.78 is 10.6. The number of benzene rings is 1. The van der Waals surface area contributed by atoms with Crippen LogP contribution in [0.15, 0.2) is 18.2 Å². The van der Waals surface area contributed by atoms with Gasteiger partial charge in [-0.2, -0.15) is 0 Å². The van der Waals surface area contributed by atoms with E-state index in [0.29, 0.717) is 12.4 Å². The number of hydrogen-bond acceptors (Lipinski definition) is 3. The summed E-state index contributed by atoms with van der Waals surface area (Å²) in [6.45, 7) is 8.19. The summed E-state index contributed by atoms with van der Waals surface area (Å²) in [5.41, 5.74) is 2.36. The summed E-state index contributed by atoms with van der Waals surface area (Å²) in [6, 6.07) is 5.79. The Morgan fingerprint density at radius 1 is 1.26 bits per heavy atom. The molecule has 1 rings (SSSR count). The second-order valence-electron chi connectivity index (χ2n) is 4.87. The zero-order valence-corrected chi connectivity index (χ0v) is 12.3. The molecule has 1 amide bonds. The van der Waals surface area contributed by atoms with Crippen LogP contribution in [0.2, 0.25) is 0 Å². The van der Waals surface area contributed by atoms with Gasteiger partial charge in [-0.25, -0.2) is 0 Å². The summed E-state index contributed by atoms with van der Waals surface area (Å²) >= 11 is 0. The minimum atomic E-state index is -0.526. The first kappa shape index (κ1) is 15.5. The lowest BCUT2D eigenvalue weighted by Crippen LogP contribution is -2.43. The molecular weight excluding hydrogens is 242 g/mol. The quantitative estimate of drug-likeness (QED) is 0.858. The molecule has 0 unspecified atom stereocenters. The smallest absolute Gasteiger partial charge is 0.261 e. The lowest BCUT2D eigenvalue weighted by molar-refractivity contribution is -0.128. The average molecular weight is 265 g/mol. The van der Waals surface area contributed by atoms with Crippen LogP contribution in [-0.4, -0.2) is 31.8 Å². The van der Waals surface area contributed by atoms with Crippen LogP contribution in [0.25, 0.3) is 0 Å². The van der Waals surface area contributed by atoms with Gasteiger partial charge >= 0.3 is 0 Å². The normalized spacial score (nSPS) is 13.7. The molecule has 2 atom stereocenters. The fourth-order valence-electron chi connectivity index (χ4n) is 1.70. The first-order valence-corrected chi connectivity index (χ1v) is 6.47. The van der Waals surface area contributed by atoms with E-state index in [0.717, 1.165) is 5.56 Å². The maximum absolute atomic E-state index is 11.9. The third-order valence-electron chi connectivity index (χ3n) is 2.97. The second kappa shape index (κ2) is 7.14. The number of amides is 1. The molecule has 0 heterocycles. The molecule has 0 radical (unpaired) electrons. The van der Waals surface area contributed by atoms with E-state index in [1.165, 1.54) is 5.56 Å². The Hall–Kier alpha value is -1.55. The molecular formula is C15H23NO3. The topological polar surface area (TPSA) is 47.6 Å². The largest absolute Gasteiger partial charge is 0.481 e. The molecule has 106 valence electrons. The molecule has 0 saturated carbocycles. The third-order valence-corrected chi connectivity index (χ3v) is 2.97. The lowest BCUT2D eigenvalue weighted by Gasteiger charge is -2.18. The van der Waals surface area contributed by atoms with E-state index in [1.54, 1.807) is 14.0 Å². The summed E-state index contributed by atoms with van der Waals surface area (Å²) in [5, 5.41) is 2.84. The number of nitrogens with one attached hydrogen (secondary N) is 1. The van der Waals surface area contributed by atoms with Crippen LogP contribution in [0.5, 0.6) is 5.75 Å². The Morgan fingerprint density at radius 2 is 1.95 bits per heavy atom. The van der Waals surface area contributed by atoms with Crippen molar-refractivity contribution in [2.24, 2.45) is 0 Å². The van der Waals surface area contributed by atoms with E-state index in [2.05, 4.69) is 5.32 Å². The maximum Gasteiger partial charge on any atom is 0.261 e. The van der Waals surface area contributed by atoms with Crippen molar-refractivity contribution in [2.45, 2.75) is 39.8 Å².